The Balaban J connectivity index is 1.97. The lowest BCUT2D eigenvalue weighted by Gasteiger charge is -2.21. The molecule has 26 heavy (non-hydrogen) atoms. The Hall–Kier alpha value is -2.87. The standard InChI is InChI=1S/C17H17ClN6O2/c1-9-10(2)24-13-14(19-16(24)21-20-9)22(3)17(26)23(15(13)25)8-11-4-6-12(18)7-5-11/h4-7,10H,8H2,1-3H3,(H,19,21)/t10-/m1/s1. The number of halogens is 1. The Morgan fingerprint density at radius 2 is 1.92 bits per heavy atom. The SMILES string of the molecule is CC1=NNc2nc3c(c(=O)n(Cc4ccc(Cl)cc4)c(=O)n3C)n2[C@@H]1C. The molecule has 0 radical (unpaired) electrons. The Kier molecular flexibility index (Phi) is 3.73. The van der Waals surface area contributed by atoms with E-state index in [2.05, 4.69) is 15.5 Å². The summed E-state index contributed by atoms with van der Waals surface area (Å²) >= 11 is 5.91. The molecule has 3 heterocycles. The second-order valence-electron chi connectivity index (χ2n) is 6.38. The first kappa shape index (κ1) is 16.6. The highest BCUT2D eigenvalue weighted by Crippen LogP contribution is 2.25. The number of hydrogen-bond donors (Lipinski definition) is 1. The van der Waals surface area contributed by atoms with Crippen molar-refractivity contribution in [2.75, 3.05) is 5.43 Å². The molecule has 0 fully saturated rings. The van der Waals surface area contributed by atoms with Gasteiger partial charge < -0.3 is 0 Å². The average Bonchev–Trinajstić information content (AvgIpc) is 3.02. The molecule has 4 rings (SSSR count). The summed E-state index contributed by atoms with van der Waals surface area (Å²) in [7, 11) is 1.61. The van der Waals surface area contributed by atoms with E-state index in [0.29, 0.717) is 22.1 Å². The molecule has 9 heteroatoms. The number of aromatic nitrogens is 4. The second-order valence-corrected chi connectivity index (χ2v) is 6.81. The molecule has 1 aromatic carbocycles. The van der Waals surface area contributed by atoms with Gasteiger partial charge in [0.25, 0.3) is 5.56 Å². The van der Waals surface area contributed by atoms with Gasteiger partial charge in [-0.1, -0.05) is 23.7 Å². The number of hydrazone groups is 1. The van der Waals surface area contributed by atoms with E-state index in [4.69, 9.17) is 11.6 Å². The maximum atomic E-state index is 13.2. The van der Waals surface area contributed by atoms with E-state index in [1.54, 1.807) is 35.9 Å². The van der Waals surface area contributed by atoms with Crippen LogP contribution < -0.4 is 16.7 Å². The van der Waals surface area contributed by atoms with Crippen LogP contribution in [0.2, 0.25) is 5.02 Å². The van der Waals surface area contributed by atoms with Crippen LogP contribution in [0.1, 0.15) is 25.5 Å². The van der Waals surface area contributed by atoms with Gasteiger partial charge in [-0.2, -0.15) is 10.1 Å². The fourth-order valence-electron chi connectivity index (χ4n) is 3.13. The van der Waals surface area contributed by atoms with E-state index in [9.17, 15) is 9.59 Å². The van der Waals surface area contributed by atoms with E-state index in [0.717, 1.165) is 11.3 Å². The molecule has 1 aliphatic heterocycles. The van der Waals surface area contributed by atoms with Gasteiger partial charge in [0, 0.05) is 12.1 Å². The molecule has 8 nitrogen and oxygen atoms in total. The number of anilines is 1. The minimum absolute atomic E-state index is 0.134. The van der Waals surface area contributed by atoms with Gasteiger partial charge >= 0.3 is 5.69 Å². The molecular weight excluding hydrogens is 356 g/mol. The van der Waals surface area contributed by atoms with Crippen molar-refractivity contribution in [3.63, 3.8) is 0 Å². The van der Waals surface area contributed by atoms with Crippen molar-refractivity contribution in [2.45, 2.75) is 26.4 Å². The first-order valence-electron chi connectivity index (χ1n) is 8.15. The number of nitrogens with zero attached hydrogens (tertiary/aromatic N) is 5. The number of aryl methyl sites for hydroxylation is 1. The van der Waals surface area contributed by atoms with Crippen LogP contribution in [0.25, 0.3) is 11.2 Å². The van der Waals surface area contributed by atoms with Gasteiger partial charge in [-0.05, 0) is 31.5 Å². The first-order chi connectivity index (χ1) is 12.4. The molecule has 0 saturated carbocycles. The fraction of sp³-hybridized carbons (Fsp3) is 0.294. The summed E-state index contributed by atoms with van der Waals surface area (Å²) in [6.45, 7) is 3.98. The number of fused-ring (bicyclic) bond motifs is 3. The molecule has 3 aromatic rings. The maximum Gasteiger partial charge on any atom is 0.332 e. The van der Waals surface area contributed by atoms with Crippen LogP contribution in [0.4, 0.5) is 5.95 Å². The summed E-state index contributed by atoms with van der Waals surface area (Å²) in [5, 5.41) is 4.80. The predicted molar refractivity (Wildman–Crippen MR) is 101 cm³/mol. The highest BCUT2D eigenvalue weighted by atomic mass is 35.5. The zero-order valence-corrected chi connectivity index (χ0v) is 15.3. The first-order valence-corrected chi connectivity index (χ1v) is 8.52. The summed E-state index contributed by atoms with van der Waals surface area (Å²) in [4.78, 5) is 30.3. The van der Waals surface area contributed by atoms with Gasteiger partial charge in [-0.3, -0.25) is 18.5 Å². The second kappa shape index (κ2) is 5.84. The molecule has 0 amide bonds. The lowest BCUT2D eigenvalue weighted by molar-refractivity contribution is 0.645. The van der Waals surface area contributed by atoms with Crippen LogP contribution >= 0.6 is 11.6 Å². The smallest absolute Gasteiger partial charge is 0.294 e. The molecular formula is C17H17ClN6O2. The number of imidazole rings is 1. The number of benzene rings is 1. The van der Waals surface area contributed by atoms with E-state index >= 15 is 0 Å². The van der Waals surface area contributed by atoms with E-state index in [1.807, 2.05) is 13.8 Å². The van der Waals surface area contributed by atoms with Gasteiger partial charge in [0.15, 0.2) is 11.2 Å². The number of rotatable bonds is 2. The van der Waals surface area contributed by atoms with Crippen LogP contribution in [-0.2, 0) is 13.6 Å². The molecule has 1 N–H and O–H groups in total. The monoisotopic (exact) mass is 372 g/mol. The minimum Gasteiger partial charge on any atom is -0.294 e. The van der Waals surface area contributed by atoms with Gasteiger partial charge in [0.1, 0.15) is 0 Å². The highest BCUT2D eigenvalue weighted by Gasteiger charge is 2.26. The van der Waals surface area contributed by atoms with Crippen LogP contribution in [0.15, 0.2) is 39.0 Å². The van der Waals surface area contributed by atoms with Crippen molar-refractivity contribution in [1.29, 1.82) is 0 Å². The molecule has 0 bridgehead atoms. The van der Waals surface area contributed by atoms with Crippen LogP contribution in [0.3, 0.4) is 0 Å². The lowest BCUT2D eigenvalue weighted by Crippen LogP contribution is -2.40. The Bertz CT molecular complexity index is 1170. The molecule has 1 atom stereocenters. The quantitative estimate of drug-likeness (QED) is 0.745. The predicted octanol–water partition coefficient (Wildman–Crippen LogP) is 1.96. The van der Waals surface area contributed by atoms with Crippen molar-refractivity contribution < 1.29 is 0 Å². The molecule has 134 valence electrons. The van der Waals surface area contributed by atoms with Crippen LogP contribution in [-0.4, -0.2) is 24.4 Å². The zero-order valence-electron chi connectivity index (χ0n) is 14.5. The van der Waals surface area contributed by atoms with E-state index < -0.39 is 5.69 Å². The molecule has 0 aliphatic carbocycles. The van der Waals surface area contributed by atoms with Crippen molar-refractivity contribution in [2.24, 2.45) is 12.1 Å². The van der Waals surface area contributed by atoms with Crippen LogP contribution in [0.5, 0.6) is 0 Å². The largest absolute Gasteiger partial charge is 0.332 e. The fourth-order valence-corrected chi connectivity index (χ4v) is 3.25. The van der Waals surface area contributed by atoms with Gasteiger partial charge in [0.2, 0.25) is 5.95 Å². The zero-order chi connectivity index (χ0) is 18.6. The van der Waals surface area contributed by atoms with Crippen molar-refractivity contribution >= 4 is 34.4 Å². The van der Waals surface area contributed by atoms with Gasteiger partial charge in [-0.25, -0.2) is 10.2 Å². The third-order valence-electron chi connectivity index (χ3n) is 4.75. The summed E-state index contributed by atoms with van der Waals surface area (Å²) in [6.07, 6.45) is 0. The Labute approximate surface area is 153 Å². The molecule has 0 spiro atoms. The molecule has 1 aliphatic rings. The average molecular weight is 373 g/mol. The summed E-state index contributed by atoms with van der Waals surface area (Å²) in [6, 6.07) is 6.93. The third-order valence-corrected chi connectivity index (χ3v) is 5.01. The van der Waals surface area contributed by atoms with E-state index in [-0.39, 0.29) is 18.1 Å². The highest BCUT2D eigenvalue weighted by molar-refractivity contribution is 6.30. The van der Waals surface area contributed by atoms with E-state index in [1.165, 1.54) is 9.13 Å². The number of nitrogens with one attached hydrogen (secondary N) is 1. The summed E-state index contributed by atoms with van der Waals surface area (Å²) in [5.74, 6) is 0.453. The minimum atomic E-state index is -0.418. The van der Waals surface area contributed by atoms with Gasteiger partial charge in [0.05, 0.1) is 18.3 Å². The molecule has 2 aromatic heterocycles. The number of hydrogen-bond acceptors (Lipinski definition) is 5. The summed E-state index contributed by atoms with van der Waals surface area (Å²) < 4.78 is 4.40. The van der Waals surface area contributed by atoms with Crippen LogP contribution in [0, 0.1) is 0 Å². The lowest BCUT2D eigenvalue weighted by atomic mass is 10.2. The Morgan fingerprint density at radius 1 is 1.23 bits per heavy atom. The molecule has 0 saturated heterocycles. The Morgan fingerprint density at radius 3 is 2.62 bits per heavy atom. The topological polar surface area (TPSA) is 86.2 Å². The van der Waals surface area contributed by atoms with Gasteiger partial charge in [-0.15, -0.1) is 0 Å². The van der Waals surface area contributed by atoms with Crippen molar-refractivity contribution in [3.05, 3.63) is 55.7 Å². The van der Waals surface area contributed by atoms with Crippen molar-refractivity contribution in [3.8, 4) is 0 Å². The van der Waals surface area contributed by atoms with Crippen molar-refractivity contribution in [1.82, 2.24) is 18.7 Å². The third kappa shape index (κ3) is 2.37. The maximum absolute atomic E-state index is 13.2. The molecule has 0 unspecified atom stereocenters. The summed E-state index contributed by atoms with van der Waals surface area (Å²) in [5.41, 5.74) is 4.41. The normalized spacial score (nSPS) is 16.3.